The maximum Gasteiger partial charge on any atom is 0.418 e. The molecule has 0 radical (unpaired) electrons. The summed E-state index contributed by atoms with van der Waals surface area (Å²) in [5, 5.41) is 10.2. The van der Waals surface area contributed by atoms with Crippen molar-refractivity contribution in [3.05, 3.63) is 45.1 Å². The van der Waals surface area contributed by atoms with Gasteiger partial charge in [0.1, 0.15) is 11.2 Å². The number of aromatic nitrogens is 1. The molecule has 0 unspecified atom stereocenters. The van der Waals surface area contributed by atoms with Crippen molar-refractivity contribution >= 4 is 28.2 Å². The van der Waals surface area contributed by atoms with E-state index in [-0.39, 0.29) is 10.4 Å². The number of para-hydroxylation sites is 1. The molecule has 1 aromatic heterocycles. The van der Waals surface area contributed by atoms with Crippen molar-refractivity contribution in [2.45, 2.75) is 6.18 Å². The molecule has 1 aromatic carbocycles. The van der Waals surface area contributed by atoms with Crippen LogP contribution < -0.4 is 0 Å². The highest BCUT2D eigenvalue weighted by molar-refractivity contribution is 6.37. The Kier molecular flexibility index (Phi) is 2.86. The van der Waals surface area contributed by atoms with E-state index in [4.69, 9.17) is 11.6 Å². The number of alkyl halides is 3. The van der Waals surface area contributed by atoms with Gasteiger partial charge >= 0.3 is 11.9 Å². The second-order valence-corrected chi connectivity index (χ2v) is 3.79. The third-order valence-corrected chi connectivity index (χ3v) is 2.71. The largest absolute Gasteiger partial charge is 0.418 e. The molecule has 18 heavy (non-hydrogen) atoms. The Morgan fingerprint density at radius 3 is 2.56 bits per heavy atom. The molecule has 4 nitrogen and oxygen atoms in total. The first-order chi connectivity index (χ1) is 8.32. The number of pyridine rings is 1. The summed E-state index contributed by atoms with van der Waals surface area (Å²) >= 11 is 5.71. The summed E-state index contributed by atoms with van der Waals surface area (Å²) in [5.41, 5.74) is -1.90. The molecular formula is C10H4ClF3N2O2. The monoisotopic (exact) mass is 276 g/mol. The summed E-state index contributed by atoms with van der Waals surface area (Å²) in [6.45, 7) is 0. The van der Waals surface area contributed by atoms with E-state index in [2.05, 4.69) is 4.98 Å². The van der Waals surface area contributed by atoms with Crippen molar-refractivity contribution in [1.29, 1.82) is 0 Å². The van der Waals surface area contributed by atoms with Crippen LogP contribution in [0.2, 0.25) is 5.02 Å². The maximum atomic E-state index is 12.7. The molecule has 0 aliphatic carbocycles. The minimum atomic E-state index is -4.59. The first-order valence-electron chi connectivity index (χ1n) is 4.61. The van der Waals surface area contributed by atoms with Crippen LogP contribution in [0.5, 0.6) is 0 Å². The van der Waals surface area contributed by atoms with Crippen molar-refractivity contribution in [2.24, 2.45) is 0 Å². The predicted octanol–water partition coefficient (Wildman–Crippen LogP) is 3.82. The number of rotatable bonds is 1. The standard InChI is InChI=1S/C10H4ClF3N2O2/c11-8-5-2-1-3-6(10(12,13)14)9(5)15-4-7(8)16(17)18/h1-4H. The second-order valence-electron chi connectivity index (χ2n) is 3.41. The van der Waals surface area contributed by atoms with Gasteiger partial charge in [-0.1, -0.05) is 23.7 Å². The summed E-state index contributed by atoms with van der Waals surface area (Å²) in [6.07, 6.45) is -3.87. The van der Waals surface area contributed by atoms with Gasteiger partial charge in [0, 0.05) is 5.39 Å². The minimum Gasteiger partial charge on any atom is -0.258 e. The molecule has 0 bridgehead atoms. The second kappa shape index (κ2) is 4.09. The van der Waals surface area contributed by atoms with Crippen molar-refractivity contribution in [3.63, 3.8) is 0 Å². The minimum absolute atomic E-state index is 0.0966. The Morgan fingerprint density at radius 2 is 2.00 bits per heavy atom. The molecule has 0 amide bonds. The number of nitro groups is 1. The third-order valence-electron chi connectivity index (χ3n) is 2.32. The van der Waals surface area contributed by atoms with Crippen LogP contribution in [-0.4, -0.2) is 9.91 Å². The van der Waals surface area contributed by atoms with Crippen molar-refractivity contribution in [2.75, 3.05) is 0 Å². The fourth-order valence-electron chi connectivity index (χ4n) is 1.54. The molecule has 0 fully saturated rings. The summed E-state index contributed by atoms with van der Waals surface area (Å²) in [7, 11) is 0. The van der Waals surface area contributed by atoms with E-state index in [0.717, 1.165) is 18.3 Å². The average molecular weight is 277 g/mol. The maximum absolute atomic E-state index is 12.7. The molecule has 0 N–H and O–H groups in total. The van der Waals surface area contributed by atoms with Crippen LogP contribution in [0, 0.1) is 10.1 Å². The highest BCUT2D eigenvalue weighted by Gasteiger charge is 2.34. The lowest BCUT2D eigenvalue weighted by molar-refractivity contribution is -0.384. The van der Waals surface area contributed by atoms with E-state index in [1.807, 2.05) is 0 Å². The Bertz CT molecular complexity index is 643. The van der Waals surface area contributed by atoms with E-state index in [1.54, 1.807) is 0 Å². The molecule has 2 aromatic rings. The molecule has 2 rings (SSSR count). The van der Waals surface area contributed by atoms with Gasteiger partial charge in [-0.15, -0.1) is 0 Å². The fraction of sp³-hybridized carbons (Fsp3) is 0.100. The zero-order chi connectivity index (χ0) is 13.5. The number of hydrogen-bond donors (Lipinski definition) is 0. The summed E-state index contributed by atoms with van der Waals surface area (Å²) in [6, 6.07) is 3.23. The highest BCUT2D eigenvalue weighted by atomic mass is 35.5. The van der Waals surface area contributed by atoms with Crippen LogP contribution in [0.3, 0.4) is 0 Å². The highest BCUT2D eigenvalue weighted by Crippen LogP contribution is 2.38. The lowest BCUT2D eigenvalue weighted by atomic mass is 10.1. The van der Waals surface area contributed by atoms with Gasteiger partial charge in [-0.05, 0) is 6.07 Å². The van der Waals surface area contributed by atoms with E-state index < -0.39 is 27.9 Å². The van der Waals surface area contributed by atoms with Crippen LogP contribution in [0.15, 0.2) is 24.4 Å². The van der Waals surface area contributed by atoms with Gasteiger partial charge in [0.25, 0.3) is 0 Å². The average Bonchev–Trinajstić information content (AvgIpc) is 2.27. The molecule has 94 valence electrons. The summed E-state index contributed by atoms with van der Waals surface area (Å²) in [4.78, 5) is 13.3. The molecule has 1 heterocycles. The number of fused-ring (bicyclic) bond motifs is 1. The molecule has 0 aliphatic rings. The van der Waals surface area contributed by atoms with Crippen LogP contribution in [-0.2, 0) is 6.18 Å². The predicted molar refractivity (Wildman–Crippen MR) is 58.4 cm³/mol. The molecule has 0 saturated carbocycles. The van der Waals surface area contributed by atoms with Crippen LogP contribution in [0.1, 0.15) is 5.56 Å². The Hall–Kier alpha value is -1.89. The van der Waals surface area contributed by atoms with Gasteiger partial charge < -0.3 is 0 Å². The van der Waals surface area contributed by atoms with E-state index in [0.29, 0.717) is 0 Å². The van der Waals surface area contributed by atoms with Gasteiger partial charge in [-0.25, -0.2) is 4.98 Å². The van der Waals surface area contributed by atoms with Gasteiger partial charge in [0.05, 0.1) is 16.0 Å². The summed E-state index contributed by atoms with van der Waals surface area (Å²) < 4.78 is 38.1. The van der Waals surface area contributed by atoms with Gasteiger partial charge in [0.15, 0.2) is 0 Å². The molecule has 0 atom stereocenters. The van der Waals surface area contributed by atoms with E-state index in [1.165, 1.54) is 6.07 Å². The first kappa shape index (κ1) is 12.6. The van der Waals surface area contributed by atoms with Crippen LogP contribution >= 0.6 is 11.6 Å². The van der Waals surface area contributed by atoms with E-state index >= 15 is 0 Å². The molecule has 0 saturated heterocycles. The smallest absolute Gasteiger partial charge is 0.258 e. The quantitative estimate of drug-likeness (QED) is 0.588. The molecule has 0 spiro atoms. The SMILES string of the molecule is O=[N+]([O-])c1cnc2c(C(F)(F)F)cccc2c1Cl. The Balaban J connectivity index is 2.83. The summed E-state index contributed by atoms with van der Waals surface area (Å²) in [5.74, 6) is 0. The van der Waals surface area contributed by atoms with E-state index in [9.17, 15) is 23.3 Å². The Labute approximate surface area is 103 Å². The van der Waals surface area contributed by atoms with Crippen LogP contribution in [0.25, 0.3) is 10.9 Å². The normalized spacial score (nSPS) is 11.8. The van der Waals surface area contributed by atoms with Crippen molar-refractivity contribution in [3.8, 4) is 0 Å². The van der Waals surface area contributed by atoms with Crippen molar-refractivity contribution in [1.82, 2.24) is 4.98 Å². The number of nitrogens with zero attached hydrogens (tertiary/aromatic N) is 2. The lowest BCUT2D eigenvalue weighted by Crippen LogP contribution is -2.06. The third kappa shape index (κ3) is 1.97. The molecular weight excluding hydrogens is 273 g/mol. The van der Waals surface area contributed by atoms with Gasteiger partial charge in [-0.3, -0.25) is 10.1 Å². The zero-order valence-electron chi connectivity index (χ0n) is 8.53. The van der Waals surface area contributed by atoms with Gasteiger partial charge in [-0.2, -0.15) is 13.2 Å². The number of benzene rings is 1. The number of hydrogen-bond acceptors (Lipinski definition) is 3. The fourth-order valence-corrected chi connectivity index (χ4v) is 1.81. The topological polar surface area (TPSA) is 56.0 Å². The van der Waals surface area contributed by atoms with Gasteiger partial charge in [0.2, 0.25) is 0 Å². The molecule has 0 aliphatic heterocycles. The zero-order valence-corrected chi connectivity index (χ0v) is 9.29. The first-order valence-corrected chi connectivity index (χ1v) is 4.99. The molecule has 8 heteroatoms. The van der Waals surface area contributed by atoms with Crippen LogP contribution in [0.4, 0.5) is 18.9 Å². The Morgan fingerprint density at radius 1 is 1.33 bits per heavy atom. The van der Waals surface area contributed by atoms with Crippen molar-refractivity contribution < 1.29 is 18.1 Å². The lowest BCUT2D eigenvalue weighted by Gasteiger charge is -2.09. The number of halogens is 4.